The highest BCUT2D eigenvalue weighted by Crippen LogP contribution is 2.67. The predicted molar refractivity (Wildman–Crippen MR) is 279 cm³/mol. The van der Waals surface area contributed by atoms with Crippen molar-refractivity contribution in [3.05, 3.63) is 107 Å². The Labute approximate surface area is 425 Å². The number of aliphatic carboxylic acids is 1. The first-order chi connectivity index (χ1) is 34.2. The number of carboxylic acids is 1. The van der Waals surface area contributed by atoms with Crippen LogP contribution >= 0.6 is 0 Å². The lowest BCUT2D eigenvalue weighted by atomic mass is 9.47. The average Bonchev–Trinajstić information content (AvgIpc) is 3.73. The first kappa shape index (κ1) is 54.0. The maximum Gasteiger partial charge on any atom is 0.407 e. The Hall–Kier alpha value is -4.83. The minimum atomic E-state index is -1.05. The predicted octanol–water partition coefficient (Wildman–Crippen LogP) is 13.9. The number of carbonyl (C=O) groups is 3. The van der Waals surface area contributed by atoms with Gasteiger partial charge >= 0.3 is 18.0 Å². The quantitative estimate of drug-likeness (QED) is 0.0369. The molecule has 0 bridgehead atoms. The lowest BCUT2D eigenvalue weighted by Gasteiger charge is -2.58. The van der Waals surface area contributed by atoms with Crippen molar-refractivity contribution in [3.8, 4) is 11.5 Å². The highest BCUT2D eigenvalue weighted by atomic mass is 16.6. The number of benzene rings is 3. The zero-order chi connectivity index (χ0) is 50.6. The molecule has 1 amide bonds. The molecular formula is C61H85NO9. The number of hydrogen-bond acceptors (Lipinski definition) is 8. The number of allylic oxidation sites excluding steroid dienone is 1. The lowest BCUT2D eigenvalue weighted by molar-refractivity contribution is -0.153. The summed E-state index contributed by atoms with van der Waals surface area (Å²) in [4.78, 5) is 37.4. The zero-order valence-corrected chi connectivity index (χ0v) is 44.1. The number of esters is 1. The van der Waals surface area contributed by atoms with Crippen molar-refractivity contribution in [2.24, 2.45) is 46.3 Å². The minimum Gasteiger partial charge on any atom is -0.497 e. The summed E-state index contributed by atoms with van der Waals surface area (Å²) in [5.74, 6) is 4.64. The maximum absolute atomic E-state index is 13.2. The van der Waals surface area contributed by atoms with Gasteiger partial charge in [-0.25, -0.2) is 4.79 Å². The summed E-state index contributed by atoms with van der Waals surface area (Å²) in [6, 6.07) is 25.7. The molecule has 0 heterocycles. The standard InChI is InChI=1S/C61H85NO9/c1-42(2)15-14-16-43(3)53-30-31-54-52-29-24-47-41-51(34-37-59(47,4)55(52)35-38-60(53,54)5)71-58(66)62-39-13-9-12-19-50(70-57(65)33-32-56(63)64)36-40-69-61(44-17-10-8-11-18-44,45-20-25-48(67-6)26-21-45)46-22-27-49(68-7)28-23-46/h8,10-11,17-18,20-28,42-43,50-55H,9,12-16,19,29-41H2,1-7H3,(H,62,66)(H,63,64)/t43-,50?,51+,52+,53-,54+,55+,59+,60-/m1/s1. The maximum atomic E-state index is 13.2. The number of hydrogen-bond donors (Lipinski definition) is 2. The number of fused-ring (bicyclic) bond motifs is 5. The highest BCUT2D eigenvalue weighted by molar-refractivity contribution is 5.76. The van der Waals surface area contributed by atoms with Crippen LogP contribution in [0.3, 0.4) is 0 Å². The molecule has 0 aromatic heterocycles. The second kappa shape index (κ2) is 24.7. The molecule has 9 atom stereocenters. The molecule has 0 saturated heterocycles. The van der Waals surface area contributed by atoms with Gasteiger partial charge in [-0.2, -0.15) is 0 Å². The third-order valence-corrected chi connectivity index (χ3v) is 17.8. The number of nitrogens with one attached hydrogen (secondary N) is 1. The summed E-state index contributed by atoms with van der Waals surface area (Å²) < 4.78 is 30.1. The summed E-state index contributed by atoms with van der Waals surface area (Å²) >= 11 is 0. The number of rotatable bonds is 25. The molecule has 388 valence electrons. The van der Waals surface area contributed by atoms with Crippen molar-refractivity contribution >= 4 is 18.0 Å². The fourth-order valence-corrected chi connectivity index (χ4v) is 13.9. The Morgan fingerprint density at radius 2 is 1.41 bits per heavy atom. The van der Waals surface area contributed by atoms with E-state index in [0.29, 0.717) is 24.8 Å². The number of carboxylic acid groups (broad SMARTS) is 1. The lowest BCUT2D eigenvalue weighted by Crippen LogP contribution is -2.51. The van der Waals surface area contributed by atoms with E-state index in [1.165, 1.54) is 56.9 Å². The average molecular weight is 976 g/mol. The van der Waals surface area contributed by atoms with E-state index in [0.717, 1.165) is 102 Å². The number of methoxy groups -OCH3 is 2. The smallest absolute Gasteiger partial charge is 0.407 e. The van der Waals surface area contributed by atoms with Crippen LogP contribution in [-0.2, 0) is 29.4 Å². The Kier molecular flexibility index (Phi) is 18.8. The van der Waals surface area contributed by atoms with Crippen LogP contribution in [0, 0.1) is 46.3 Å². The highest BCUT2D eigenvalue weighted by Gasteiger charge is 2.59. The minimum absolute atomic E-state index is 0.101. The van der Waals surface area contributed by atoms with Gasteiger partial charge in [0, 0.05) is 19.4 Å². The molecule has 3 saturated carbocycles. The number of carbonyl (C=O) groups excluding carboxylic acids is 2. The number of ether oxygens (including phenoxy) is 5. The largest absolute Gasteiger partial charge is 0.497 e. The van der Waals surface area contributed by atoms with E-state index >= 15 is 0 Å². The van der Waals surface area contributed by atoms with Gasteiger partial charge in [-0.05, 0) is 152 Å². The Balaban J connectivity index is 0.906. The van der Waals surface area contributed by atoms with Crippen LogP contribution in [0.15, 0.2) is 90.5 Å². The van der Waals surface area contributed by atoms with Crippen LogP contribution < -0.4 is 14.8 Å². The normalized spacial score (nSPS) is 25.7. The SMILES string of the molecule is COc1ccc(C(OCCC(CCCCCNC(=O)O[C@H]2CC[C@@]3(C)C(=CC[C@H]4[C@@H]5CC[C@H]([C@H](C)CCCC(C)C)[C@@]5(C)CC[C@@H]43)C2)OC(=O)CCC(=O)O)(c2ccccc2)c2ccc(OC)cc2)cc1. The van der Waals surface area contributed by atoms with E-state index < -0.39 is 23.6 Å². The molecule has 3 aromatic carbocycles. The summed E-state index contributed by atoms with van der Waals surface area (Å²) in [6.45, 7) is 13.2. The van der Waals surface area contributed by atoms with Gasteiger partial charge in [0.1, 0.15) is 29.3 Å². The second-order valence-corrected chi connectivity index (χ2v) is 22.5. The molecule has 10 heteroatoms. The fraction of sp³-hybridized carbons (Fsp3) is 0.623. The van der Waals surface area contributed by atoms with Gasteiger partial charge in [-0.1, -0.05) is 127 Å². The van der Waals surface area contributed by atoms with Gasteiger partial charge in [0.15, 0.2) is 0 Å². The van der Waals surface area contributed by atoms with E-state index in [2.05, 4.69) is 46.0 Å². The van der Waals surface area contributed by atoms with Crippen LogP contribution in [0.2, 0.25) is 0 Å². The number of unbranched alkanes of at least 4 members (excludes halogenated alkanes) is 2. The molecule has 0 radical (unpaired) electrons. The molecule has 10 nitrogen and oxygen atoms in total. The molecule has 0 aliphatic heterocycles. The van der Waals surface area contributed by atoms with E-state index in [4.69, 9.17) is 23.7 Å². The molecule has 4 aliphatic rings. The molecule has 7 rings (SSSR count). The van der Waals surface area contributed by atoms with E-state index in [-0.39, 0.29) is 37.1 Å². The first-order valence-electron chi connectivity index (χ1n) is 27.2. The third kappa shape index (κ3) is 12.9. The summed E-state index contributed by atoms with van der Waals surface area (Å²) in [7, 11) is 3.27. The van der Waals surface area contributed by atoms with Gasteiger partial charge < -0.3 is 34.1 Å². The topological polar surface area (TPSA) is 130 Å². The van der Waals surface area contributed by atoms with Crippen molar-refractivity contribution in [1.29, 1.82) is 0 Å². The van der Waals surface area contributed by atoms with Crippen LogP contribution in [-0.4, -0.2) is 62.7 Å². The Morgan fingerprint density at radius 3 is 2.06 bits per heavy atom. The molecular weight excluding hydrogens is 891 g/mol. The van der Waals surface area contributed by atoms with Crippen LogP contribution in [0.4, 0.5) is 4.79 Å². The fourth-order valence-electron chi connectivity index (χ4n) is 13.9. The van der Waals surface area contributed by atoms with Gasteiger partial charge in [0.05, 0.1) is 33.7 Å². The molecule has 3 fully saturated rings. The van der Waals surface area contributed by atoms with Gasteiger partial charge in [-0.3, -0.25) is 9.59 Å². The second-order valence-electron chi connectivity index (χ2n) is 22.5. The molecule has 3 aromatic rings. The molecule has 1 unspecified atom stereocenters. The van der Waals surface area contributed by atoms with Crippen molar-refractivity contribution in [2.75, 3.05) is 27.4 Å². The number of amides is 1. The van der Waals surface area contributed by atoms with Crippen molar-refractivity contribution in [2.45, 2.75) is 168 Å². The van der Waals surface area contributed by atoms with Crippen molar-refractivity contribution < 1.29 is 43.2 Å². The number of alkyl carbamates (subject to hydrolysis) is 1. The molecule has 2 N–H and O–H groups in total. The monoisotopic (exact) mass is 976 g/mol. The van der Waals surface area contributed by atoms with Crippen LogP contribution in [0.1, 0.15) is 167 Å². The third-order valence-electron chi connectivity index (χ3n) is 17.8. The van der Waals surface area contributed by atoms with E-state index in [1.54, 1.807) is 14.2 Å². The van der Waals surface area contributed by atoms with Crippen LogP contribution in [0.25, 0.3) is 0 Å². The van der Waals surface area contributed by atoms with Gasteiger partial charge in [0.25, 0.3) is 0 Å². The van der Waals surface area contributed by atoms with E-state index in [1.807, 2.05) is 78.9 Å². The van der Waals surface area contributed by atoms with Crippen LogP contribution in [0.5, 0.6) is 11.5 Å². The first-order valence-corrected chi connectivity index (χ1v) is 27.2. The van der Waals surface area contributed by atoms with Gasteiger partial charge in [0.2, 0.25) is 0 Å². The summed E-state index contributed by atoms with van der Waals surface area (Å²) in [5.41, 5.74) is 3.87. The summed E-state index contributed by atoms with van der Waals surface area (Å²) in [6.07, 6.45) is 17.9. The molecule has 71 heavy (non-hydrogen) atoms. The zero-order valence-electron chi connectivity index (χ0n) is 44.1. The Bertz CT molecular complexity index is 2160. The molecule has 0 spiro atoms. The Morgan fingerprint density at radius 1 is 0.732 bits per heavy atom. The van der Waals surface area contributed by atoms with E-state index in [9.17, 15) is 19.5 Å². The van der Waals surface area contributed by atoms with Crippen molar-refractivity contribution in [1.82, 2.24) is 5.32 Å². The summed E-state index contributed by atoms with van der Waals surface area (Å²) in [5, 5.41) is 12.3. The van der Waals surface area contributed by atoms with Crippen molar-refractivity contribution in [3.63, 3.8) is 0 Å². The van der Waals surface area contributed by atoms with Gasteiger partial charge in [-0.15, -0.1) is 0 Å². The molecule has 4 aliphatic carbocycles.